The maximum Gasteiger partial charge on any atom is 0.251 e. The Morgan fingerprint density at radius 1 is 1.09 bits per heavy atom. The molecule has 22 heavy (non-hydrogen) atoms. The molecule has 4 N–H and O–H groups in total. The van der Waals surface area contributed by atoms with Crippen LogP contribution in [-0.2, 0) is 4.79 Å². The predicted octanol–water partition coefficient (Wildman–Crippen LogP) is 1.99. The second kappa shape index (κ2) is 8.50. The fourth-order valence-electron chi connectivity index (χ4n) is 2.46. The molecular weight excluding hydrogens is 370 g/mol. The molecule has 0 bridgehead atoms. The summed E-state index contributed by atoms with van der Waals surface area (Å²) in [6.45, 7) is 0.775. The lowest BCUT2D eigenvalue weighted by Crippen LogP contribution is -2.53. The molecule has 5 nitrogen and oxygen atoms in total. The van der Waals surface area contributed by atoms with Gasteiger partial charge in [0.25, 0.3) is 5.91 Å². The molecule has 1 aliphatic rings. The summed E-state index contributed by atoms with van der Waals surface area (Å²) in [6.07, 6.45) is 3.49. The molecule has 122 valence electrons. The van der Waals surface area contributed by atoms with E-state index in [0.29, 0.717) is 18.7 Å². The van der Waals surface area contributed by atoms with Gasteiger partial charge in [0.1, 0.15) is 0 Å². The van der Waals surface area contributed by atoms with Crippen molar-refractivity contribution in [2.24, 2.45) is 5.73 Å². The summed E-state index contributed by atoms with van der Waals surface area (Å²) in [5.74, 6) is -0.266. The van der Waals surface area contributed by atoms with Crippen LogP contribution in [0, 0.1) is 0 Å². The second-order valence-corrected chi connectivity index (χ2v) is 6.30. The Morgan fingerprint density at radius 3 is 2.23 bits per heavy atom. The zero-order valence-corrected chi connectivity index (χ0v) is 14.6. The van der Waals surface area contributed by atoms with Crippen LogP contribution in [0.15, 0.2) is 28.7 Å². The SMILES string of the molecule is Cl.NC1(C(=O)NCCNC(=O)c2ccc(Br)cc2)CCCC1. The fourth-order valence-corrected chi connectivity index (χ4v) is 2.73. The first-order chi connectivity index (χ1) is 10.0. The standard InChI is InChI=1S/C15H20BrN3O2.ClH/c16-12-5-3-11(4-6-12)13(20)18-9-10-19-14(21)15(17)7-1-2-8-15;/h3-6H,1-2,7-10,17H2,(H,18,20)(H,19,21);1H. The van der Waals surface area contributed by atoms with Crippen LogP contribution in [-0.4, -0.2) is 30.4 Å². The maximum atomic E-state index is 12.0. The number of halogens is 2. The summed E-state index contributed by atoms with van der Waals surface area (Å²) in [5, 5.41) is 5.56. The molecule has 0 aliphatic heterocycles. The highest BCUT2D eigenvalue weighted by Crippen LogP contribution is 2.26. The Kier molecular flexibility index (Phi) is 7.32. The zero-order chi connectivity index (χ0) is 15.3. The molecule has 2 rings (SSSR count). The highest BCUT2D eigenvalue weighted by Gasteiger charge is 2.36. The Bertz CT molecular complexity index is 516. The van der Waals surface area contributed by atoms with Gasteiger partial charge in [-0.3, -0.25) is 9.59 Å². The van der Waals surface area contributed by atoms with Crippen LogP contribution >= 0.6 is 28.3 Å². The van der Waals surface area contributed by atoms with Crippen molar-refractivity contribution in [3.63, 3.8) is 0 Å². The van der Waals surface area contributed by atoms with Crippen molar-refractivity contribution in [1.29, 1.82) is 0 Å². The van der Waals surface area contributed by atoms with Crippen molar-refractivity contribution in [2.45, 2.75) is 31.2 Å². The van der Waals surface area contributed by atoms with Crippen molar-refractivity contribution in [2.75, 3.05) is 13.1 Å². The maximum absolute atomic E-state index is 12.0. The van der Waals surface area contributed by atoms with Crippen LogP contribution in [0.2, 0.25) is 0 Å². The van der Waals surface area contributed by atoms with E-state index in [4.69, 9.17) is 5.73 Å². The van der Waals surface area contributed by atoms with E-state index in [0.717, 1.165) is 30.2 Å². The topological polar surface area (TPSA) is 84.2 Å². The first-order valence-electron chi connectivity index (χ1n) is 7.12. The molecular formula is C15H21BrClN3O2. The van der Waals surface area contributed by atoms with E-state index >= 15 is 0 Å². The summed E-state index contributed by atoms with van der Waals surface area (Å²) in [6, 6.07) is 7.11. The number of nitrogens with two attached hydrogens (primary N) is 1. The Labute approximate surface area is 144 Å². The molecule has 2 amide bonds. The lowest BCUT2D eigenvalue weighted by atomic mass is 9.98. The van der Waals surface area contributed by atoms with Gasteiger partial charge in [-0.05, 0) is 37.1 Å². The van der Waals surface area contributed by atoms with E-state index in [1.165, 1.54) is 0 Å². The van der Waals surface area contributed by atoms with Crippen molar-refractivity contribution in [1.82, 2.24) is 10.6 Å². The number of benzene rings is 1. The van der Waals surface area contributed by atoms with Gasteiger partial charge >= 0.3 is 0 Å². The third-order valence-electron chi connectivity index (χ3n) is 3.75. The van der Waals surface area contributed by atoms with Crippen molar-refractivity contribution in [3.05, 3.63) is 34.3 Å². The molecule has 0 radical (unpaired) electrons. The summed E-state index contributed by atoms with van der Waals surface area (Å²) in [7, 11) is 0. The summed E-state index contributed by atoms with van der Waals surface area (Å²) in [4.78, 5) is 23.8. The van der Waals surface area contributed by atoms with Gasteiger partial charge in [-0.1, -0.05) is 28.8 Å². The lowest BCUT2D eigenvalue weighted by Gasteiger charge is -2.22. The quantitative estimate of drug-likeness (QED) is 0.672. The minimum absolute atomic E-state index is 0. The Morgan fingerprint density at radius 2 is 1.64 bits per heavy atom. The van der Waals surface area contributed by atoms with Crippen molar-refractivity contribution < 1.29 is 9.59 Å². The fraction of sp³-hybridized carbons (Fsp3) is 0.467. The van der Waals surface area contributed by atoms with Crippen LogP contribution in [0.1, 0.15) is 36.0 Å². The van der Waals surface area contributed by atoms with E-state index in [-0.39, 0.29) is 24.2 Å². The molecule has 0 atom stereocenters. The van der Waals surface area contributed by atoms with Gasteiger partial charge in [-0.25, -0.2) is 0 Å². The van der Waals surface area contributed by atoms with Gasteiger partial charge in [0.15, 0.2) is 0 Å². The van der Waals surface area contributed by atoms with E-state index in [9.17, 15) is 9.59 Å². The van der Waals surface area contributed by atoms with Crippen LogP contribution < -0.4 is 16.4 Å². The number of amides is 2. The van der Waals surface area contributed by atoms with Gasteiger partial charge in [-0.15, -0.1) is 12.4 Å². The highest BCUT2D eigenvalue weighted by atomic mass is 79.9. The molecule has 1 aromatic rings. The molecule has 1 fully saturated rings. The van der Waals surface area contributed by atoms with Crippen LogP contribution in [0.4, 0.5) is 0 Å². The first-order valence-corrected chi connectivity index (χ1v) is 7.91. The second-order valence-electron chi connectivity index (χ2n) is 5.38. The van der Waals surface area contributed by atoms with Gasteiger partial charge in [-0.2, -0.15) is 0 Å². The van der Waals surface area contributed by atoms with E-state index in [1.807, 2.05) is 12.1 Å². The average molecular weight is 391 g/mol. The highest BCUT2D eigenvalue weighted by molar-refractivity contribution is 9.10. The van der Waals surface area contributed by atoms with Gasteiger partial charge in [0.2, 0.25) is 5.91 Å². The number of rotatable bonds is 5. The number of nitrogens with one attached hydrogen (secondary N) is 2. The Balaban J connectivity index is 0.00000242. The molecule has 0 saturated heterocycles. The minimum atomic E-state index is -0.713. The molecule has 7 heteroatoms. The molecule has 0 unspecified atom stereocenters. The molecule has 1 aliphatic carbocycles. The number of hydrogen-bond acceptors (Lipinski definition) is 3. The smallest absolute Gasteiger partial charge is 0.251 e. The van der Waals surface area contributed by atoms with Crippen molar-refractivity contribution >= 4 is 40.2 Å². The average Bonchev–Trinajstić information content (AvgIpc) is 2.92. The normalized spacial score (nSPS) is 15.7. The van der Waals surface area contributed by atoms with E-state index < -0.39 is 5.54 Å². The molecule has 1 aromatic carbocycles. The molecule has 0 aromatic heterocycles. The first kappa shape index (κ1) is 18.9. The zero-order valence-electron chi connectivity index (χ0n) is 12.2. The van der Waals surface area contributed by atoms with E-state index in [1.54, 1.807) is 12.1 Å². The predicted molar refractivity (Wildman–Crippen MR) is 92.1 cm³/mol. The Hall–Kier alpha value is -1.11. The van der Waals surface area contributed by atoms with Crippen LogP contribution in [0.25, 0.3) is 0 Å². The third-order valence-corrected chi connectivity index (χ3v) is 4.28. The molecule has 0 heterocycles. The van der Waals surface area contributed by atoms with Crippen molar-refractivity contribution in [3.8, 4) is 0 Å². The van der Waals surface area contributed by atoms with Gasteiger partial charge in [0, 0.05) is 23.1 Å². The van der Waals surface area contributed by atoms with Crippen LogP contribution in [0.3, 0.4) is 0 Å². The molecule has 1 saturated carbocycles. The number of carbonyl (C=O) groups excluding carboxylic acids is 2. The largest absolute Gasteiger partial charge is 0.353 e. The lowest BCUT2D eigenvalue weighted by molar-refractivity contribution is -0.126. The number of hydrogen-bond donors (Lipinski definition) is 3. The monoisotopic (exact) mass is 389 g/mol. The molecule has 0 spiro atoms. The van der Waals surface area contributed by atoms with E-state index in [2.05, 4.69) is 26.6 Å². The third kappa shape index (κ3) is 4.97. The van der Waals surface area contributed by atoms with Gasteiger partial charge in [0.05, 0.1) is 5.54 Å². The van der Waals surface area contributed by atoms with Gasteiger partial charge < -0.3 is 16.4 Å². The summed E-state index contributed by atoms with van der Waals surface area (Å²) in [5.41, 5.74) is 5.93. The summed E-state index contributed by atoms with van der Waals surface area (Å²) < 4.78 is 0.927. The number of carbonyl (C=O) groups is 2. The van der Waals surface area contributed by atoms with Crippen LogP contribution in [0.5, 0.6) is 0 Å². The summed E-state index contributed by atoms with van der Waals surface area (Å²) >= 11 is 3.32. The minimum Gasteiger partial charge on any atom is -0.353 e.